The number of aliphatic imine (C=N–C) groups is 1. The highest BCUT2D eigenvalue weighted by Gasteiger charge is 2.25. The monoisotopic (exact) mass is 432 g/mol. The van der Waals surface area contributed by atoms with E-state index in [0.29, 0.717) is 0 Å². The van der Waals surface area contributed by atoms with E-state index >= 15 is 0 Å². The molecule has 0 saturated heterocycles. The molecule has 2 aromatic carbocycles. The van der Waals surface area contributed by atoms with Gasteiger partial charge in [0.25, 0.3) is 5.91 Å². The summed E-state index contributed by atoms with van der Waals surface area (Å²) < 4.78 is 10.8. The molecule has 0 radical (unpaired) electrons. The highest BCUT2D eigenvalue weighted by molar-refractivity contribution is 7.16. The molecule has 5 nitrogen and oxygen atoms in total. The second-order valence-electron chi connectivity index (χ2n) is 8.02. The van der Waals surface area contributed by atoms with E-state index in [1.54, 1.807) is 17.6 Å². The van der Waals surface area contributed by atoms with Gasteiger partial charge in [-0.25, -0.2) is 4.99 Å². The van der Waals surface area contributed by atoms with Gasteiger partial charge in [-0.1, -0.05) is 6.07 Å². The molecule has 5 rings (SSSR count). The zero-order valence-corrected chi connectivity index (χ0v) is 18.5. The molecule has 1 aliphatic carbocycles. The summed E-state index contributed by atoms with van der Waals surface area (Å²) in [7, 11) is 0. The van der Waals surface area contributed by atoms with Crippen molar-refractivity contribution in [3.8, 4) is 11.5 Å². The lowest BCUT2D eigenvalue weighted by atomic mass is 9.95. The fourth-order valence-corrected chi connectivity index (χ4v) is 5.25. The molecule has 2 heterocycles. The van der Waals surface area contributed by atoms with Gasteiger partial charge < -0.3 is 14.8 Å². The molecular weight excluding hydrogens is 408 g/mol. The van der Waals surface area contributed by atoms with Crippen LogP contribution in [-0.2, 0) is 12.8 Å². The van der Waals surface area contributed by atoms with Gasteiger partial charge in [0, 0.05) is 16.8 Å². The molecule has 1 N–H and O–H groups in total. The average molecular weight is 433 g/mol. The number of amides is 1. The Hall–Kier alpha value is -3.12. The number of benzene rings is 2. The van der Waals surface area contributed by atoms with Crippen molar-refractivity contribution < 1.29 is 14.3 Å². The summed E-state index contributed by atoms with van der Waals surface area (Å²) in [6.45, 7) is 4.37. The van der Waals surface area contributed by atoms with Crippen LogP contribution < -0.4 is 14.8 Å². The maximum atomic E-state index is 13.3. The largest absolute Gasteiger partial charge is 0.454 e. The van der Waals surface area contributed by atoms with Gasteiger partial charge >= 0.3 is 0 Å². The molecule has 0 unspecified atom stereocenters. The Morgan fingerprint density at radius 2 is 1.87 bits per heavy atom. The minimum atomic E-state index is -0.0829. The summed E-state index contributed by atoms with van der Waals surface area (Å²) in [5.74, 6) is 1.39. The zero-order valence-electron chi connectivity index (χ0n) is 17.7. The summed E-state index contributed by atoms with van der Waals surface area (Å²) in [5, 5.41) is 3.86. The number of carbonyl (C=O) groups is 1. The number of nitrogens with one attached hydrogen (secondary N) is 1. The van der Waals surface area contributed by atoms with E-state index in [-0.39, 0.29) is 12.7 Å². The lowest BCUT2D eigenvalue weighted by molar-refractivity contribution is 0.102. The van der Waals surface area contributed by atoms with Gasteiger partial charge in [-0.05, 0) is 92.1 Å². The highest BCUT2D eigenvalue weighted by atomic mass is 32.1. The van der Waals surface area contributed by atoms with E-state index in [0.717, 1.165) is 70.1 Å². The molecular formula is C25H24N2O3S. The van der Waals surface area contributed by atoms with Crippen molar-refractivity contribution in [2.24, 2.45) is 4.99 Å². The molecule has 1 aromatic heterocycles. The Morgan fingerprint density at radius 1 is 1.03 bits per heavy atom. The van der Waals surface area contributed by atoms with Gasteiger partial charge in [-0.3, -0.25) is 4.79 Å². The second kappa shape index (κ2) is 8.19. The Morgan fingerprint density at radius 3 is 2.74 bits per heavy atom. The first kappa shape index (κ1) is 19.8. The molecule has 2 aliphatic rings. The van der Waals surface area contributed by atoms with Crippen LogP contribution in [-0.4, -0.2) is 18.9 Å². The van der Waals surface area contributed by atoms with Crippen LogP contribution in [0, 0.1) is 13.8 Å². The number of thiophene rings is 1. The lowest BCUT2D eigenvalue weighted by Crippen LogP contribution is -2.15. The number of carbonyl (C=O) groups excluding carboxylic acids is 1. The molecule has 6 heteroatoms. The van der Waals surface area contributed by atoms with Crippen molar-refractivity contribution in [3.05, 3.63) is 69.1 Å². The van der Waals surface area contributed by atoms with E-state index in [9.17, 15) is 4.79 Å². The molecule has 31 heavy (non-hydrogen) atoms. The molecule has 1 amide bonds. The number of rotatable bonds is 4. The first-order valence-electron chi connectivity index (χ1n) is 10.6. The Balaban J connectivity index is 1.47. The third-order valence-electron chi connectivity index (χ3n) is 5.87. The lowest BCUT2D eigenvalue weighted by Gasteiger charge is -2.13. The van der Waals surface area contributed by atoms with Crippen LogP contribution >= 0.6 is 11.3 Å². The summed E-state index contributed by atoms with van der Waals surface area (Å²) >= 11 is 1.64. The quantitative estimate of drug-likeness (QED) is 0.516. The van der Waals surface area contributed by atoms with Crippen LogP contribution in [0.15, 0.2) is 41.4 Å². The van der Waals surface area contributed by atoms with Crippen molar-refractivity contribution in [2.45, 2.75) is 39.5 Å². The van der Waals surface area contributed by atoms with E-state index in [1.807, 2.05) is 36.4 Å². The van der Waals surface area contributed by atoms with Gasteiger partial charge in [-0.2, -0.15) is 0 Å². The smallest absolute Gasteiger partial charge is 0.259 e. The van der Waals surface area contributed by atoms with E-state index in [2.05, 4.69) is 19.2 Å². The number of fused-ring (bicyclic) bond motifs is 2. The van der Waals surface area contributed by atoms with E-state index < -0.39 is 0 Å². The number of hydrogen-bond donors (Lipinski definition) is 1. The maximum Gasteiger partial charge on any atom is 0.259 e. The summed E-state index contributed by atoms with van der Waals surface area (Å²) in [5.41, 5.74) is 5.97. The molecule has 1 aliphatic heterocycles. The topological polar surface area (TPSA) is 59.9 Å². The Kier molecular flexibility index (Phi) is 5.24. The molecule has 0 bridgehead atoms. The van der Waals surface area contributed by atoms with Crippen molar-refractivity contribution in [1.82, 2.24) is 0 Å². The van der Waals surface area contributed by atoms with Crippen molar-refractivity contribution in [1.29, 1.82) is 0 Å². The zero-order chi connectivity index (χ0) is 21.4. The van der Waals surface area contributed by atoms with Gasteiger partial charge in [0.2, 0.25) is 6.79 Å². The van der Waals surface area contributed by atoms with Crippen LogP contribution in [0.5, 0.6) is 11.5 Å². The predicted molar refractivity (Wildman–Crippen MR) is 125 cm³/mol. The minimum Gasteiger partial charge on any atom is -0.454 e. The van der Waals surface area contributed by atoms with Gasteiger partial charge in [-0.15, -0.1) is 11.3 Å². The van der Waals surface area contributed by atoms with Crippen LogP contribution in [0.25, 0.3) is 0 Å². The van der Waals surface area contributed by atoms with Gasteiger partial charge in [0.15, 0.2) is 11.5 Å². The minimum absolute atomic E-state index is 0.0829. The van der Waals surface area contributed by atoms with Crippen molar-refractivity contribution in [2.75, 3.05) is 12.1 Å². The van der Waals surface area contributed by atoms with E-state index in [1.165, 1.54) is 10.4 Å². The predicted octanol–water partition coefficient (Wildman–Crippen LogP) is 5.98. The number of aryl methyl sites for hydroxylation is 3. The molecule has 0 saturated carbocycles. The standard InChI is InChI=1S/C25H24N2O3S/c1-15-7-9-18(11-16(15)2)27-24(28)23-19-5-3-4-6-22(19)31-25(23)26-13-17-8-10-20-21(12-17)30-14-29-20/h7-13H,3-6,14H2,1-2H3,(H,27,28). The first-order chi connectivity index (χ1) is 15.1. The third-order valence-corrected chi connectivity index (χ3v) is 7.07. The normalized spacial score (nSPS) is 14.6. The second-order valence-corrected chi connectivity index (χ2v) is 9.10. The number of anilines is 1. The van der Waals surface area contributed by atoms with Crippen molar-refractivity contribution in [3.63, 3.8) is 0 Å². The Labute approximate surface area is 185 Å². The van der Waals surface area contributed by atoms with Crippen molar-refractivity contribution >= 4 is 34.1 Å². The fraction of sp³-hybridized carbons (Fsp3) is 0.280. The number of nitrogens with zero attached hydrogens (tertiary/aromatic N) is 1. The molecule has 158 valence electrons. The van der Waals surface area contributed by atoms with E-state index in [4.69, 9.17) is 14.5 Å². The maximum absolute atomic E-state index is 13.3. The summed E-state index contributed by atoms with van der Waals surface area (Å²) in [4.78, 5) is 19.3. The average Bonchev–Trinajstić information content (AvgIpc) is 3.38. The van der Waals surface area contributed by atoms with Crippen LogP contribution in [0.4, 0.5) is 10.7 Å². The number of hydrogen-bond acceptors (Lipinski definition) is 5. The SMILES string of the molecule is Cc1ccc(NC(=O)c2c(N=Cc3ccc4c(c3)OCO4)sc3c2CCCC3)cc1C. The van der Waals surface area contributed by atoms with Crippen LogP contribution in [0.3, 0.4) is 0 Å². The molecule has 3 aromatic rings. The fourth-order valence-electron chi connectivity index (χ4n) is 4.02. The third kappa shape index (κ3) is 3.95. The Bertz CT molecular complexity index is 1200. The first-order valence-corrected chi connectivity index (χ1v) is 11.4. The molecule has 0 spiro atoms. The van der Waals surface area contributed by atoms with Crippen LogP contribution in [0.1, 0.15) is 50.3 Å². The summed E-state index contributed by atoms with van der Waals surface area (Å²) in [6, 6.07) is 11.7. The summed E-state index contributed by atoms with van der Waals surface area (Å²) in [6.07, 6.45) is 6.02. The number of ether oxygens (including phenoxy) is 2. The molecule has 0 fully saturated rings. The van der Waals surface area contributed by atoms with Gasteiger partial charge in [0.1, 0.15) is 5.00 Å². The highest BCUT2D eigenvalue weighted by Crippen LogP contribution is 2.40. The molecule has 0 atom stereocenters. The van der Waals surface area contributed by atoms with Crippen LogP contribution in [0.2, 0.25) is 0 Å². The van der Waals surface area contributed by atoms with Gasteiger partial charge in [0.05, 0.1) is 5.56 Å².